The molecule has 0 saturated carbocycles. The smallest absolute Gasteiger partial charge is 0.375 e. The summed E-state index contributed by atoms with van der Waals surface area (Å²) in [5.41, 5.74) is 0.123. The lowest BCUT2D eigenvalue weighted by atomic mass is 10.2. The molecule has 0 amide bonds. The minimum atomic E-state index is -4.49. The lowest BCUT2D eigenvalue weighted by Gasteiger charge is -2.12. The Labute approximate surface area is 167 Å². The fourth-order valence-electron chi connectivity index (χ4n) is 2.28. The molecule has 0 unspecified atom stereocenters. The Hall–Kier alpha value is -2.88. The molecule has 29 heavy (non-hydrogen) atoms. The number of anilines is 1. The maximum atomic E-state index is 12.7. The zero-order valence-corrected chi connectivity index (χ0v) is 16.2. The Morgan fingerprint density at radius 2 is 1.90 bits per heavy atom. The van der Waals surface area contributed by atoms with Crippen molar-refractivity contribution in [2.75, 3.05) is 38.1 Å². The lowest BCUT2D eigenvalue weighted by molar-refractivity contribution is -0.141. The van der Waals surface area contributed by atoms with Gasteiger partial charge in [-0.25, -0.2) is 9.97 Å². The molecule has 2 aromatic rings. The summed E-state index contributed by atoms with van der Waals surface area (Å²) in [4.78, 5) is 11.6. The highest BCUT2D eigenvalue weighted by Crippen LogP contribution is 2.27. The van der Waals surface area contributed by atoms with Gasteiger partial charge < -0.3 is 20.7 Å². The van der Waals surface area contributed by atoms with Gasteiger partial charge in [0, 0.05) is 25.8 Å². The number of guanidine groups is 1. The first-order chi connectivity index (χ1) is 14.0. The van der Waals surface area contributed by atoms with Gasteiger partial charge in [0.05, 0.1) is 19.8 Å². The Kier molecular flexibility index (Phi) is 9.16. The van der Waals surface area contributed by atoms with Crippen LogP contribution < -0.4 is 16.0 Å². The fourth-order valence-corrected chi connectivity index (χ4v) is 2.28. The van der Waals surface area contributed by atoms with Crippen LogP contribution in [0, 0.1) is 0 Å². The molecule has 0 fully saturated rings. The van der Waals surface area contributed by atoms with E-state index in [1.165, 1.54) is 0 Å². The Bertz CT molecular complexity index is 755. The number of benzene rings is 1. The van der Waals surface area contributed by atoms with Gasteiger partial charge in [0.2, 0.25) is 5.95 Å². The SMILES string of the molecule is CCNC(=NCCOCc1ccccc1)NCCNc1nccc(C(F)(F)F)n1. The van der Waals surface area contributed by atoms with E-state index < -0.39 is 11.9 Å². The zero-order chi connectivity index (χ0) is 21.0. The molecular formula is C19H25F3N6O. The van der Waals surface area contributed by atoms with Crippen molar-refractivity contribution in [2.45, 2.75) is 19.7 Å². The predicted octanol–water partition coefficient (Wildman–Crippen LogP) is 2.68. The van der Waals surface area contributed by atoms with Crippen LogP contribution in [-0.4, -0.2) is 48.7 Å². The summed E-state index contributed by atoms with van der Waals surface area (Å²) in [5, 5.41) is 8.94. The normalized spacial score (nSPS) is 11.9. The van der Waals surface area contributed by atoms with Gasteiger partial charge in [0.25, 0.3) is 0 Å². The van der Waals surface area contributed by atoms with Crippen molar-refractivity contribution in [2.24, 2.45) is 4.99 Å². The van der Waals surface area contributed by atoms with Crippen molar-refractivity contribution in [1.29, 1.82) is 0 Å². The lowest BCUT2D eigenvalue weighted by Crippen LogP contribution is -2.39. The third kappa shape index (κ3) is 8.77. The Morgan fingerprint density at radius 3 is 2.62 bits per heavy atom. The van der Waals surface area contributed by atoms with Crippen molar-refractivity contribution in [3.63, 3.8) is 0 Å². The van der Waals surface area contributed by atoms with Gasteiger partial charge in [-0.1, -0.05) is 30.3 Å². The molecule has 3 N–H and O–H groups in total. The van der Waals surface area contributed by atoms with Crippen molar-refractivity contribution >= 4 is 11.9 Å². The van der Waals surface area contributed by atoms with E-state index in [-0.39, 0.29) is 5.95 Å². The van der Waals surface area contributed by atoms with Crippen LogP contribution in [0.2, 0.25) is 0 Å². The molecule has 1 aromatic heterocycles. The monoisotopic (exact) mass is 410 g/mol. The van der Waals surface area contributed by atoms with Crippen molar-refractivity contribution in [3.05, 3.63) is 53.9 Å². The Balaban J connectivity index is 1.69. The first-order valence-corrected chi connectivity index (χ1v) is 9.27. The topological polar surface area (TPSA) is 83.5 Å². The van der Waals surface area contributed by atoms with Crippen LogP contribution in [0.4, 0.5) is 19.1 Å². The quantitative estimate of drug-likeness (QED) is 0.317. The first-order valence-electron chi connectivity index (χ1n) is 9.27. The van der Waals surface area contributed by atoms with E-state index in [0.29, 0.717) is 45.4 Å². The van der Waals surface area contributed by atoms with Crippen molar-refractivity contribution in [1.82, 2.24) is 20.6 Å². The number of alkyl halides is 3. The van der Waals surface area contributed by atoms with E-state index in [2.05, 4.69) is 30.9 Å². The van der Waals surface area contributed by atoms with Crippen LogP contribution in [-0.2, 0) is 17.5 Å². The number of nitrogens with one attached hydrogen (secondary N) is 3. The highest BCUT2D eigenvalue weighted by Gasteiger charge is 2.32. The second-order valence-corrected chi connectivity index (χ2v) is 5.92. The number of aliphatic imine (C=N–C) groups is 1. The van der Waals surface area contributed by atoms with E-state index >= 15 is 0 Å². The number of hydrogen-bond acceptors (Lipinski definition) is 5. The van der Waals surface area contributed by atoms with Gasteiger partial charge >= 0.3 is 6.18 Å². The number of hydrogen-bond donors (Lipinski definition) is 3. The predicted molar refractivity (Wildman–Crippen MR) is 106 cm³/mol. The molecule has 0 saturated heterocycles. The van der Waals surface area contributed by atoms with Crippen molar-refractivity contribution < 1.29 is 17.9 Å². The first kappa shape index (κ1) is 22.4. The maximum Gasteiger partial charge on any atom is 0.433 e. The third-order valence-electron chi connectivity index (χ3n) is 3.61. The highest BCUT2D eigenvalue weighted by atomic mass is 19.4. The van der Waals surface area contributed by atoms with Crippen LogP contribution in [0.5, 0.6) is 0 Å². The molecule has 0 radical (unpaired) electrons. The van der Waals surface area contributed by atoms with Crippen molar-refractivity contribution in [3.8, 4) is 0 Å². The molecule has 0 aliphatic heterocycles. The van der Waals surface area contributed by atoms with E-state index in [0.717, 1.165) is 17.8 Å². The van der Waals surface area contributed by atoms with Crippen LogP contribution in [0.15, 0.2) is 47.6 Å². The van der Waals surface area contributed by atoms with Gasteiger partial charge in [0.1, 0.15) is 5.69 Å². The molecule has 0 bridgehead atoms. The number of halogens is 3. The highest BCUT2D eigenvalue weighted by molar-refractivity contribution is 5.79. The molecular weight excluding hydrogens is 385 g/mol. The van der Waals surface area contributed by atoms with Crippen LogP contribution in [0.25, 0.3) is 0 Å². The average molecular weight is 410 g/mol. The summed E-state index contributed by atoms with van der Waals surface area (Å²) in [6, 6.07) is 10.7. The molecule has 158 valence electrons. The molecule has 10 heteroatoms. The van der Waals surface area contributed by atoms with Gasteiger partial charge in [-0.2, -0.15) is 13.2 Å². The average Bonchev–Trinajstić information content (AvgIpc) is 2.71. The number of nitrogens with zero attached hydrogens (tertiary/aromatic N) is 3. The van der Waals surface area contributed by atoms with E-state index in [4.69, 9.17) is 4.74 Å². The zero-order valence-electron chi connectivity index (χ0n) is 16.2. The van der Waals surface area contributed by atoms with Gasteiger partial charge in [-0.05, 0) is 18.6 Å². The molecule has 1 aromatic carbocycles. The minimum Gasteiger partial charge on any atom is -0.375 e. The minimum absolute atomic E-state index is 0.0714. The number of rotatable bonds is 10. The molecule has 7 nitrogen and oxygen atoms in total. The molecule has 0 atom stereocenters. The largest absolute Gasteiger partial charge is 0.433 e. The molecule has 0 spiro atoms. The summed E-state index contributed by atoms with van der Waals surface area (Å²) >= 11 is 0. The summed E-state index contributed by atoms with van der Waals surface area (Å²) in [6.07, 6.45) is -3.42. The second kappa shape index (κ2) is 11.8. The summed E-state index contributed by atoms with van der Waals surface area (Å²) < 4.78 is 43.5. The number of ether oxygens (including phenoxy) is 1. The van der Waals surface area contributed by atoms with Crippen LogP contribution >= 0.6 is 0 Å². The van der Waals surface area contributed by atoms with Gasteiger partial charge in [0.15, 0.2) is 5.96 Å². The van der Waals surface area contributed by atoms with Gasteiger partial charge in [-0.3, -0.25) is 4.99 Å². The van der Waals surface area contributed by atoms with E-state index in [9.17, 15) is 13.2 Å². The molecule has 0 aliphatic rings. The van der Waals surface area contributed by atoms with E-state index in [1.807, 2.05) is 37.3 Å². The van der Waals surface area contributed by atoms with E-state index in [1.54, 1.807) is 0 Å². The summed E-state index contributed by atoms with van der Waals surface area (Å²) in [7, 11) is 0. The third-order valence-corrected chi connectivity index (χ3v) is 3.61. The second-order valence-electron chi connectivity index (χ2n) is 5.92. The standard InChI is InChI=1S/C19H25F3N6O/c1-2-23-17(27-12-13-29-14-15-6-4-3-5-7-15)25-10-11-26-18-24-9-8-16(28-18)19(20,21)22/h3-9H,2,10-14H2,1H3,(H2,23,25,27)(H,24,26,28). The fraction of sp³-hybridized carbons (Fsp3) is 0.421. The van der Waals surface area contributed by atoms with Crippen LogP contribution in [0.1, 0.15) is 18.2 Å². The molecule has 0 aliphatic carbocycles. The Morgan fingerprint density at radius 1 is 1.10 bits per heavy atom. The number of aromatic nitrogens is 2. The van der Waals surface area contributed by atoms with Crippen LogP contribution in [0.3, 0.4) is 0 Å². The molecule has 2 rings (SSSR count). The summed E-state index contributed by atoms with van der Waals surface area (Å²) in [5.74, 6) is 0.528. The molecule has 1 heterocycles. The maximum absolute atomic E-state index is 12.7. The van der Waals surface area contributed by atoms with Gasteiger partial charge in [-0.15, -0.1) is 0 Å². The summed E-state index contributed by atoms with van der Waals surface area (Å²) in [6.45, 7) is 4.86.